The molecule has 0 aliphatic carbocycles. The molecule has 0 spiro atoms. The summed E-state index contributed by atoms with van der Waals surface area (Å²) in [6, 6.07) is 2.75. The van der Waals surface area contributed by atoms with Crippen LogP contribution in [0.3, 0.4) is 0 Å². The van der Waals surface area contributed by atoms with Crippen LogP contribution in [0, 0.1) is 24.0 Å². The number of benzene rings is 1. The maximum absolute atomic E-state index is 12.8. The van der Waals surface area contributed by atoms with E-state index < -0.39 is 34.3 Å². The second kappa shape index (κ2) is 6.28. The van der Waals surface area contributed by atoms with Crippen molar-refractivity contribution in [2.45, 2.75) is 50.7 Å². The van der Waals surface area contributed by atoms with Gasteiger partial charge in [0.2, 0.25) is 5.60 Å². The van der Waals surface area contributed by atoms with Gasteiger partial charge in [-0.05, 0) is 30.5 Å². The number of nitro benzene ring substituents is 1. The lowest BCUT2D eigenvalue weighted by Crippen LogP contribution is -2.51. The number of Topliss-reactive ketones (excluding diaryl/α,β-unsaturated/α-hetero) is 2. The molecule has 2 saturated heterocycles. The van der Waals surface area contributed by atoms with E-state index in [1.807, 2.05) is 0 Å². The Labute approximate surface area is 149 Å². The number of methoxy groups -OCH3 is 1. The topological polar surface area (TPSA) is 113 Å². The van der Waals surface area contributed by atoms with Gasteiger partial charge < -0.3 is 9.47 Å². The number of ketones is 2. The van der Waals surface area contributed by atoms with E-state index in [0.29, 0.717) is 16.7 Å². The number of aryl methyl sites for hydroxylation is 2. The molecule has 3 atom stereocenters. The Balaban J connectivity index is 2.23. The summed E-state index contributed by atoms with van der Waals surface area (Å²) in [5.74, 6) is -2.23. The highest BCUT2D eigenvalue weighted by molar-refractivity contribution is 6.11. The third-order valence-corrected chi connectivity index (χ3v) is 5.18. The summed E-state index contributed by atoms with van der Waals surface area (Å²) in [6.45, 7) is 3.32. The quantitative estimate of drug-likeness (QED) is 0.350. The SMILES string of the molecule is COC(=O)[C@]12O[C@H](CC(=O)C[C@@H]1c1c(C)cc([N+](=O)[O-])cc1C)CC2=O. The van der Waals surface area contributed by atoms with Crippen LogP contribution in [0.2, 0.25) is 0 Å². The lowest BCUT2D eigenvalue weighted by atomic mass is 9.72. The molecule has 8 heteroatoms. The van der Waals surface area contributed by atoms with E-state index in [1.165, 1.54) is 19.2 Å². The number of fused-ring (bicyclic) bond motifs is 2. The fraction of sp³-hybridized carbons (Fsp3) is 0.500. The molecule has 1 aromatic rings. The molecule has 0 N–H and O–H groups in total. The smallest absolute Gasteiger partial charge is 0.346 e. The van der Waals surface area contributed by atoms with Crippen LogP contribution in [0.4, 0.5) is 5.69 Å². The Morgan fingerprint density at radius 2 is 1.85 bits per heavy atom. The Kier molecular flexibility index (Phi) is 4.39. The zero-order valence-electron chi connectivity index (χ0n) is 14.7. The molecule has 3 rings (SSSR count). The monoisotopic (exact) mass is 361 g/mol. The summed E-state index contributed by atoms with van der Waals surface area (Å²) >= 11 is 0. The predicted molar refractivity (Wildman–Crippen MR) is 88.8 cm³/mol. The minimum absolute atomic E-state index is 0.0254. The van der Waals surface area contributed by atoms with Crippen molar-refractivity contribution in [3.63, 3.8) is 0 Å². The predicted octanol–water partition coefficient (Wildman–Crippen LogP) is 1.93. The molecule has 138 valence electrons. The number of carbonyl (C=O) groups is 3. The van der Waals surface area contributed by atoms with Crippen molar-refractivity contribution in [2.75, 3.05) is 7.11 Å². The fourth-order valence-corrected chi connectivity index (χ4v) is 4.20. The number of non-ortho nitro benzene ring substituents is 1. The van der Waals surface area contributed by atoms with Gasteiger partial charge in [-0.15, -0.1) is 0 Å². The summed E-state index contributed by atoms with van der Waals surface area (Å²) < 4.78 is 10.7. The molecule has 2 aliphatic rings. The van der Waals surface area contributed by atoms with Gasteiger partial charge in [0, 0.05) is 37.3 Å². The van der Waals surface area contributed by atoms with Crippen molar-refractivity contribution < 1.29 is 28.8 Å². The van der Waals surface area contributed by atoms with Crippen molar-refractivity contribution in [1.29, 1.82) is 0 Å². The van der Waals surface area contributed by atoms with Crippen LogP contribution >= 0.6 is 0 Å². The average molecular weight is 361 g/mol. The maximum atomic E-state index is 12.8. The fourth-order valence-electron chi connectivity index (χ4n) is 4.20. The standard InChI is InChI=1S/C18H19NO7/c1-9-4-11(19(23)24)5-10(2)16(9)14-7-12(20)6-13-8-15(21)18(14,26-13)17(22)25-3/h4-5,13-14H,6-8H2,1-3H3/t13-,14-,18+/m1/s1. The largest absolute Gasteiger partial charge is 0.467 e. The first-order valence-electron chi connectivity index (χ1n) is 8.27. The number of nitrogens with zero attached hydrogens (tertiary/aromatic N) is 1. The van der Waals surface area contributed by atoms with Crippen LogP contribution < -0.4 is 0 Å². The van der Waals surface area contributed by atoms with Crippen LogP contribution in [-0.4, -0.2) is 41.3 Å². The molecule has 2 fully saturated rings. The van der Waals surface area contributed by atoms with Crippen molar-refractivity contribution >= 4 is 23.2 Å². The van der Waals surface area contributed by atoms with Gasteiger partial charge in [-0.1, -0.05) is 0 Å². The maximum Gasteiger partial charge on any atom is 0.346 e. The van der Waals surface area contributed by atoms with Gasteiger partial charge in [-0.2, -0.15) is 0 Å². The Morgan fingerprint density at radius 1 is 1.23 bits per heavy atom. The van der Waals surface area contributed by atoms with Gasteiger partial charge >= 0.3 is 5.97 Å². The van der Waals surface area contributed by atoms with Gasteiger partial charge in [0.05, 0.1) is 18.1 Å². The summed E-state index contributed by atoms with van der Waals surface area (Å²) in [4.78, 5) is 48.3. The molecule has 1 aromatic carbocycles. The van der Waals surface area contributed by atoms with E-state index in [9.17, 15) is 24.5 Å². The second-order valence-corrected chi connectivity index (χ2v) is 6.84. The zero-order valence-corrected chi connectivity index (χ0v) is 14.7. The minimum Gasteiger partial charge on any atom is -0.467 e. The van der Waals surface area contributed by atoms with Gasteiger partial charge in [0.25, 0.3) is 5.69 Å². The summed E-state index contributed by atoms with van der Waals surface area (Å²) in [7, 11) is 1.17. The van der Waals surface area contributed by atoms with E-state index >= 15 is 0 Å². The Hall–Kier alpha value is -2.61. The van der Waals surface area contributed by atoms with Crippen molar-refractivity contribution in [2.24, 2.45) is 0 Å². The molecule has 0 radical (unpaired) electrons. The first-order chi connectivity index (χ1) is 12.2. The number of hydrogen-bond donors (Lipinski definition) is 0. The van der Waals surface area contributed by atoms with Crippen molar-refractivity contribution in [3.8, 4) is 0 Å². The van der Waals surface area contributed by atoms with Gasteiger partial charge in [-0.3, -0.25) is 19.7 Å². The molecular weight excluding hydrogens is 342 g/mol. The molecule has 0 aromatic heterocycles. The van der Waals surface area contributed by atoms with Crippen LogP contribution in [0.25, 0.3) is 0 Å². The van der Waals surface area contributed by atoms with E-state index in [4.69, 9.17) is 9.47 Å². The molecule has 8 nitrogen and oxygen atoms in total. The lowest BCUT2D eigenvalue weighted by molar-refractivity contribution is -0.385. The molecule has 0 amide bonds. The molecule has 2 bridgehead atoms. The van der Waals surface area contributed by atoms with E-state index in [0.717, 1.165) is 0 Å². The number of ether oxygens (including phenoxy) is 2. The molecule has 0 saturated carbocycles. The summed E-state index contributed by atoms with van der Waals surface area (Å²) in [6.07, 6.45) is -0.663. The first-order valence-corrected chi connectivity index (χ1v) is 8.27. The van der Waals surface area contributed by atoms with E-state index in [2.05, 4.69) is 0 Å². The number of hydrogen-bond acceptors (Lipinski definition) is 7. The number of nitro groups is 1. The number of carbonyl (C=O) groups excluding carboxylic acids is 3. The third-order valence-electron chi connectivity index (χ3n) is 5.18. The minimum atomic E-state index is -1.88. The molecule has 2 heterocycles. The normalized spacial score (nSPS) is 28.0. The second-order valence-electron chi connectivity index (χ2n) is 6.84. The number of esters is 1. The third kappa shape index (κ3) is 2.61. The van der Waals surface area contributed by atoms with Crippen LogP contribution in [-0.2, 0) is 23.9 Å². The molecule has 26 heavy (non-hydrogen) atoms. The Morgan fingerprint density at radius 3 is 2.38 bits per heavy atom. The highest BCUT2D eigenvalue weighted by Crippen LogP contribution is 2.48. The van der Waals surface area contributed by atoms with E-state index in [-0.39, 0.29) is 30.7 Å². The van der Waals surface area contributed by atoms with E-state index in [1.54, 1.807) is 13.8 Å². The van der Waals surface area contributed by atoms with Crippen LogP contribution in [0.5, 0.6) is 0 Å². The summed E-state index contributed by atoms with van der Waals surface area (Å²) in [5, 5.41) is 11.1. The van der Waals surface area contributed by atoms with Gasteiger partial charge in [0.1, 0.15) is 5.78 Å². The van der Waals surface area contributed by atoms with Crippen molar-refractivity contribution in [3.05, 3.63) is 38.9 Å². The average Bonchev–Trinajstić information content (AvgIpc) is 2.80. The van der Waals surface area contributed by atoms with Crippen LogP contribution in [0.1, 0.15) is 41.9 Å². The number of rotatable bonds is 3. The molecule has 2 aliphatic heterocycles. The highest BCUT2D eigenvalue weighted by atomic mass is 16.6. The first kappa shape index (κ1) is 18.2. The highest BCUT2D eigenvalue weighted by Gasteiger charge is 2.62. The van der Waals surface area contributed by atoms with Gasteiger partial charge in [-0.25, -0.2) is 4.79 Å². The molecule has 0 unspecified atom stereocenters. The zero-order chi connectivity index (χ0) is 19.2. The molecular formula is C18H19NO7. The Bertz CT molecular complexity index is 798. The summed E-state index contributed by atoms with van der Waals surface area (Å²) in [5.41, 5.74) is -0.367. The van der Waals surface area contributed by atoms with Crippen molar-refractivity contribution in [1.82, 2.24) is 0 Å². The van der Waals surface area contributed by atoms with Gasteiger partial charge in [0.15, 0.2) is 5.78 Å². The lowest BCUT2D eigenvalue weighted by Gasteiger charge is -2.33. The van der Waals surface area contributed by atoms with Crippen LogP contribution in [0.15, 0.2) is 12.1 Å².